The minimum atomic E-state index is -0.850. The van der Waals surface area contributed by atoms with Crippen LogP contribution in [-0.2, 0) is 9.63 Å². The van der Waals surface area contributed by atoms with E-state index in [0.29, 0.717) is 12.1 Å². The molecule has 1 N–H and O–H groups in total. The normalized spacial score (nSPS) is 11.7. The summed E-state index contributed by atoms with van der Waals surface area (Å²) >= 11 is 1.39. The van der Waals surface area contributed by atoms with Gasteiger partial charge in [-0.05, 0) is 25.3 Å². The third-order valence-corrected chi connectivity index (χ3v) is 4.01. The third kappa shape index (κ3) is 7.34. The molecule has 26 heavy (non-hydrogen) atoms. The molecule has 140 valence electrons. The van der Waals surface area contributed by atoms with Gasteiger partial charge in [0.2, 0.25) is 0 Å². The number of carbonyl (C=O) groups excluding carboxylic acids is 2. The number of benzene rings is 1. The fourth-order valence-electron chi connectivity index (χ4n) is 1.88. The van der Waals surface area contributed by atoms with Crippen molar-refractivity contribution in [2.24, 2.45) is 4.99 Å². The molecule has 1 aromatic rings. The van der Waals surface area contributed by atoms with Crippen molar-refractivity contribution in [2.75, 3.05) is 12.9 Å². The average molecular weight is 381 g/mol. The minimum absolute atomic E-state index is 0.0713. The van der Waals surface area contributed by atoms with Gasteiger partial charge in [-0.25, -0.2) is 4.99 Å². The lowest BCUT2D eigenvalue weighted by molar-refractivity contribution is -0.757. The molecule has 0 aliphatic carbocycles. The highest BCUT2D eigenvalue weighted by Crippen LogP contribution is 2.21. The van der Waals surface area contributed by atoms with E-state index in [2.05, 4.69) is 15.1 Å². The van der Waals surface area contributed by atoms with Crippen molar-refractivity contribution < 1.29 is 24.3 Å². The molecule has 0 saturated heterocycles. The van der Waals surface area contributed by atoms with Crippen molar-refractivity contribution in [3.05, 3.63) is 50.5 Å². The Kier molecular flexibility index (Phi) is 8.85. The zero-order valence-corrected chi connectivity index (χ0v) is 15.4. The maximum atomic E-state index is 12.2. The van der Waals surface area contributed by atoms with Crippen LogP contribution < -0.4 is 10.1 Å². The van der Waals surface area contributed by atoms with E-state index < -0.39 is 17.0 Å². The number of hydrogen-bond acceptors (Lipinski definition) is 8. The first-order chi connectivity index (χ1) is 12.3. The van der Waals surface area contributed by atoms with Crippen LogP contribution in [0, 0.1) is 10.1 Å². The molecule has 10 heteroatoms. The van der Waals surface area contributed by atoms with E-state index in [4.69, 9.17) is 4.74 Å². The van der Waals surface area contributed by atoms with Crippen molar-refractivity contribution in [1.29, 1.82) is 0 Å². The molecule has 0 spiro atoms. The molecule has 0 bridgehead atoms. The SMILES string of the molecule is CS/C(CCO[N+](=O)[O-])=C(/C)N=CNC(=O)c1ccccc1OC(C)=O. The number of allylic oxidation sites excluding steroid dienone is 1. The lowest BCUT2D eigenvalue weighted by Crippen LogP contribution is -2.22. The van der Waals surface area contributed by atoms with Crippen LogP contribution in [0.4, 0.5) is 0 Å². The molecule has 0 aliphatic heterocycles. The Balaban J connectivity index is 2.74. The lowest BCUT2D eigenvalue weighted by atomic mass is 10.2. The molecule has 0 aliphatic rings. The Morgan fingerprint density at radius 2 is 2.04 bits per heavy atom. The van der Waals surface area contributed by atoms with Crippen LogP contribution in [0.25, 0.3) is 0 Å². The average Bonchev–Trinajstić information content (AvgIpc) is 2.58. The number of aliphatic imine (C=N–C) groups is 1. The van der Waals surface area contributed by atoms with Gasteiger partial charge in [-0.2, -0.15) is 0 Å². The number of amides is 1. The smallest absolute Gasteiger partial charge is 0.308 e. The third-order valence-electron chi connectivity index (χ3n) is 3.01. The maximum Gasteiger partial charge on any atom is 0.308 e. The first-order valence-corrected chi connectivity index (χ1v) is 8.69. The topological polar surface area (TPSA) is 120 Å². The van der Waals surface area contributed by atoms with E-state index in [0.717, 1.165) is 4.91 Å². The van der Waals surface area contributed by atoms with Crippen LogP contribution in [0.3, 0.4) is 0 Å². The second-order valence-electron chi connectivity index (χ2n) is 4.84. The van der Waals surface area contributed by atoms with Gasteiger partial charge in [0.1, 0.15) is 12.4 Å². The number of nitrogens with one attached hydrogen (secondary N) is 1. The van der Waals surface area contributed by atoms with Gasteiger partial charge < -0.3 is 14.9 Å². The maximum absolute atomic E-state index is 12.2. The lowest BCUT2D eigenvalue weighted by Gasteiger charge is -2.08. The Bertz CT molecular complexity index is 732. The van der Waals surface area contributed by atoms with Gasteiger partial charge in [-0.15, -0.1) is 21.9 Å². The highest BCUT2D eigenvalue weighted by Gasteiger charge is 2.12. The van der Waals surface area contributed by atoms with Crippen molar-refractivity contribution in [3.63, 3.8) is 0 Å². The Labute approximate surface area is 154 Å². The van der Waals surface area contributed by atoms with E-state index in [1.165, 1.54) is 37.2 Å². The molecule has 0 unspecified atom stereocenters. The van der Waals surface area contributed by atoms with Gasteiger partial charge >= 0.3 is 5.97 Å². The van der Waals surface area contributed by atoms with Gasteiger partial charge in [0.25, 0.3) is 11.0 Å². The van der Waals surface area contributed by atoms with Crippen LogP contribution >= 0.6 is 11.8 Å². The van der Waals surface area contributed by atoms with Crippen molar-refractivity contribution >= 4 is 30.0 Å². The fourth-order valence-corrected chi connectivity index (χ4v) is 2.51. The molecule has 0 radical (unpaired) electrons. The number of ether oxygens (including phenoxy) is 1. The summed E-state index contributed by atoms with van der Waals surface area (Å²) in [6.07, 6.45) is 3.36. The summed E-state index contributed by atoms with van der Waals surface area (Å²) in [5, 5.41) is 11.8. The molecule has 0 saturated carbocycles. The first-order valence-electron chi connectivity index (χ1n) is 7.47. The van der Waals surface area contributed by atoms with Crippen LogP contribution in [0.2, 0.25) is 0 Å². The monoisotopic (exact) mass is 381 g/mol. The van der Waals surface area contributed by atoms with E-state index in [9.17, 15) is 19.7 Å². The van der Waals surface area contributed by atoms with Gasteiger partial charge in [0, 0.05) is 23.9 Å². The Morgan fingerprint density at radius 1 is 1.35 bits per heavy atom. The largest absolute Gasteiger partial charge is 0.426 e. The summed E-state index contributed by atoms with van der Waals surface area (Å²) in [6.45, 7) is 2.89. The van der Waals surface area contributed by atoms with Crippen molar-refractivity contribution in [3.8, 4) is 5.75 Å². The van der Waals surface area contributed by atoms with E-state index >= 15 is 0 Å². The van der Waals surface area contributed by atoms with E-state index in [1.54, 1.807) is 19.1 Å². The number of para-hydroxylation sites is 1. The zero-order valence-electron chi connectivity index (χ0n) is 14.6. The molecule has 0 heterocycles. The van der Waals surface area contributed by atoms with Crippen LogP contribution in [0.5, 0.6) is 5.75 Å². The van der Waals surface area contributed by atoms with Gasteiger partial charge in [-0.1, -0.05) is 12.1 Å². The van der Waals surface area contributed by atoms with Gasteiger partial charge in [-0.3, -0.25) is 9.59 Å². The summed E-state index contributed by atoms with van der Waals surface area (Å²) in [6, 6.07) is 6.32. The first kappa shape index (κ1) is 21.2. The molecule has 1 rings (SSSR count). The number of hydrogen-bond donors (Lipinski definition) is 1. The summed E-state index contributed by atoms with van der Waals surface area (Å²) in [7, 11) is 0. The summed E-state index contributed by atoms with van der Waals surface area (Å²) in [5.41, 5.74) is 0.790. The fraction of sp³-hybridized carbons (Fsp3) is 0.312. The van der Waals surface area contributed by atoms with Crippen LogP contribution in [0.1, 0.15) is 30.6 Å². The quantitative estimate of drug-likeness (QED) is 0.174. The highest BCUT2D eigenvalue weighted by atomic mass is 32.2. The van der Waals surface area contributed by atoms with Gasteiger partial charge in [0.05, 0.1) is 11.9 Å². The Hall–Kier alpha value is -2.88. The molecule has 0 fully saturated rings. The van der Waals surface area contributed by atoms with E-state index in [-0.39, 0.29) is 17.9 Å². The Morgan fingerprint density at radius 3 is 2.65 bits per heavy atom. The molecule has 0 atom stereocenters. The molecular formula is C16H19N3O6S. The predicted octanol–water partition coefficient (Wildman–Crippen LogP) is 2.56. The van der Waals surface area contributed by atoms with Crippen LogP contribution in [0.15, 0.2) is 39.9 Å². The number of nitrogens with zero attached hydrogens (tertiary/aromatic N) is 2. The second kappa shape index (κ2) is 10.9. The standard InChI is InChI=1S/C16H19N3O6S/c1-11(15(26-3)8-9-24-19(22)23)17-10-18-16(21)13-6-4-5-7-14(13)25-12(2)20/h4-7,10H,8-9H2,1-3H3,(H,17,18,21)/b15-11-. The van der Waals surface area contributed by atoms with E-state index in [1.807, 2.05) is 6.26 Å². The molecule has 1 aromatic carbocycles. The number of thioether (sulfide) groups is 1. The summed E-state index contributed by atoms with van der Waals surface area (Å²) in [4.78, 5) is 42.6. The molecule has 9 nitrogen and oxygen atoms in total. The zero-order chi connectivity index (χ0) is 19.5. The number of esters is 1. The minimum Gasteiger partial charge on any atom is -0.426 e. The van der Waals surface area contributed by atoms with Crippen molar-refractivity contribution in [2.45, 2.75) is 20.3 Å². The molecule has 1 amide bonds. The number of carbonyl (C=O) groups is 2. The predicted molar refractivity (Wildman–Crippen MR) is 97.5 cm³/mol. The molecular weight excluding hydrogens is 362 g/mol. The van der Waals surface area contributed by atoms with Crippen LogP contribution in [-0.4, -0.2) is 36.2 Å². The molecule has 0 aromatic heterocycles. The summed E-state index contributed by atoms with van der Waals surface area (Å²) in [5.74, 6) is -0.861. The number of rotatable bonds is 9. The van der Waals surface area contributed by atoms with Crippen molar-refractivity contribution in [1.82, 2.24) is 5.32 Å². The second-order valence-corrected chi connectivity index (χ2v) is 5.74. The van der Waals surface area contributed by atoms with Gasteiger partial charge in [0.15, 0.2) is 0 Å². The highest BCUT2D eigenvalue weighted by molar-refractivity contribution is 8.02. The summed E-state index contributed by atoms with van der Waals surface area (Å²) < 4.78 is 4.99.